The molecular weight excluding hydrogens is 360 g/mol. The first-order valence-corrected chi connectivity index (χ1v) is 8.58. The number of β-amino-alcohol motifs (C(OH)–C–C–N with tert-alkyl or cyclic N) is 1. The average Bonchev–Trinajstić information content (AvgIpc) is 2.84. The van der Waals surface area contributed by atoms with E-state index in [9.17, 15) is 4.79 Å². The standard InChI is InChI=1S/C16H21BrN4O2/c1-11-9-13(17)10-21-14(12(2)18-15(11)21)16(23)20-5-3-19(4-6-20)7-8-22/h9-10,22H,3-8H2,1-2H3. The molecule has 2 aromatic rings. The van der Waals surface area contributed by atoms with Gasteiger partial charge >= 0.3 is 0 Å². The van der Waals surface area contributed by atoms with Crippen molar-refractivity contribution in [3.05, 3.63) is 33.7 Å². The van der Waals surface area contributed by atoms with E-state index in [1.807, 2.05) is 35.4 Å². The fraction of sp³-hybridized carbons (Fsp3) is 0.500. The minimum absolute atomic E-state index is 0.0242. The van der Waals surface area contributed by atoms with Crippen LogP contribution in [0.2, 0.25) is 0 Å². The molecule has 1 fully saturated rings. The summed E-state index contributed by atoms with van der Waals surface area (Å²) >= 11 is 3.49. The fourth-order valence-electron chi connectivity index (χ4n) is 3.11. The predicted octanol–water partition coefficient (Wildman–Crippen LogP) is 1.46. The van der Waals surface area contributed by atoms with Crippen molar-refractivity contribution in [2.24, 2.45) is 0 Å². The van der Waals surface area contributed by atoms with Crippen molar-refractivity contribution < 1.29 is 9.90 Å². The van der Waals surface area contributed by atoms with E-state index in [1.165, 1.54) is 0 Å². The van der Waals surface area contributed by atoms with Crippen LogP contribution in [0.1, 0.15) is 21.7 Å². The largest absolute Gasteiger partial charge is 0.395 e. The first-order chi connectivity index (χ1) is 11.0. The maximum absolute atomic E-state index is 13.0. The Morgan fingerprint density at radius 2 is 2.00 bits per heavy atom. The summed E-state index contributed by atoms with van der Waals surface area (Å²) in [6.45, 7) is 7.66. The molecular formula is C16H21BrN4O2. The van der Waals surface area contributed by atoms with E-state index in [1.54, 1.807) is 0 Å². The number of pyridine rings is 1. The summed E-state index contributed by atoms with van der Waals surface area (Å²) in [4.78, 5) is 21.6. The lowest BCUT2D eigenvalue weighted by molar-refractivity contribution is 0.0607. The normalized spacial score (nSPS) is 16.3. The number of aryl methyl sites for hydroxylation is 2. The SMILES string of the molecule is Cc1nc2c(C)cc(Br)cn2c1C(=O)N1CCN(CCO)CC1. The van der Waals surface area contributed by atoms with Crippen LogP contribution in [0, 0.1) is 13.8 Å². The van der Waals surface area contributed by atoms with Crippen LogP contribution in [0.5, 0.6) is 0 Å². The van der Waals surface area contributed by atoms with Crippen LogP contribution in [-0.2, 0) is 0 Å². The highest BCUT2D eigenvalue weighted by Gasteiger charge is 2.26. The number of aliphatic hydroxyl groups excluding tert-OH is 1. The lowest BCUT2D eigenvalue weighted by Crippen LogP contribution is -2.49. The van der Waals surface area contributed by atoms with Gasteiger partial charge in [-0.05, 0) is 41.4 Å². The molecule has 1 saturated heterocycles. The van der Waals surface area contributed by atoms with Crippen LogP contribution in [0.15, 0.2) is 16.7 Å². The number of amides is 1. The molecule has 3 rings (SSSR count). The number of aliphatic hydroxyl groups is 1. The topological polar surface area (TPSA) is 61.1 Å². The minimum atomic E-state index is 0.0242. The number of halogens is 1. The Morgan fingerprint density at radius 1 is 1.30 bits per heavy atom. The van der Waals surface area contributed by atoms with Gasteiger partial charge in [0, 0.05) is 43.4 Å². The van der Waals surface area contributed by atoms with Crippen molar-refractivity contribution in [3.63, 3.8) is 0 Å². The molecule has 3 heterocycles. The van der Waals surface area contributed by atoms with Crippen LogP contribution >= 0.6 is 15.9 Å². The second kappa shape index (κ2) is 6.59. The lowest BCUT2D eigenvalue weighted by Gasteiger charge is -2.34. The van der Waals surface area contributed by atoms with E-state index in [4.69, 9.17) is 5.11 Å². The molecule has 124 valence electrons. The molecule has 0 atom stereocenters. The van der Waals surface area contributed by atoms with Gasteiger partial charge < -0.3 is 10.0 Å². The molecule has 7 heteroatoms. The molecule has 0 spiro atoms. The van der Waals surface area contributed by atoms with Crippen LogP contribution in [-0.4, -0.2) is 69.5 Å². The number of hydrogen-bond donors (Lipinski definition) is 1. The smallest absolute Gasteiger partial charge is 0.272 e. The Kier molecular flexibility index (Phi) is 4.70. The molecule has 6 nitrogen and oxygen atoms in total. The van der Waals surface area contributed by atoms with Crippen LogP contribution in [0.3, 0.4) is 0 Å². The number of imidazole rings is 1. The van der Waals surface area contributed by atoms with Gasteiger partial charge in [0.2, 0.25) is 0 Å². The van der Waals surface area contributed by atoms with E-state index in [0.29, 0.717) is 25.3 Å². The molecule has 0 bridgehead atoms. The fourth-order valence-corrected chi connectivity index (χ4v) is 3.65. The van der Waals surface area contributed by atoms with Crippen molar-refractivity contribution in [1.29, 1.82) is 0 Å². The van der Waals surface area contributed by atoms with Crippen molar-refractivity contribution >= 4 is 27.5 Å². The molecule has 0 radical (unpaired) electrons. The quantitative estimate of drug-likeness (QED) is 0.875. The highest BCUT2D eigenvalue weighted by Crippen LogP contribution is 2.22. The van der Waals surface area contributed by atoms with E-state index in [2.05, 4.69) is 25.8 Å². The Balaban J connectivity index is 1.89. The van der Waals surface area contributed by atoms with Crippen LogP contribution in [0.4, 0.5) is 0 Å². The van der Waals surface area contributed by atoms with Crippen molar-refractivity contribution in [3.8, 4) is 0 Å². The number of piperazine rings is 1. The zero-order chi connectivity index (χ0) is 16.6. The maximum Gasteiger partial charge on any atom is 0.272 e. The summed E-state index contributed by atoms with van der Waals surface area (Å²) in [6.07, 6.45) is 1.90. The van der Waals surface area contributed by atoms with Gasteiger partial charge in [-0.3, -0.25) is 14.1 Å². The van der Waals surface area contributed by atoms with Gasteiger partial charge in [0.15, 0.2) is 0 Å². The van der Waals surface area contributed by atoms with E-state index in [0.717, 1.165) is 34.5 Å². The molecule has 1 aliphatic heterocycles. The monoisotopic (exact) mass is 380 g/mol. The van der Waals surface area contributed by atoms with Gasteiger partial charge in [-0.25, -0.2) is 4.98 Å². The molecule has 2 aromatic heterocycles. The molecule has 1 amide bonds. The van der Waals surface area contributed by atoms with Crippen LogP contribution in [0.25, 0.3) is 5.65 Å². The zero-order valence-electron chi connectivity index (χ0n) is 13.4. The number of fused-ring (bicyclic) bond motifs is 1. The summed E-state index contributed by atoms with van der Waals surface area (Å²) in [7, 11) is 0. The van der Waals surface area contributed by atoms with Gasteiger partial charge in [0.1, 0.15) is 11.3 Å². The highest BCUT2D eigenvalue weighted by atomic mass is 79.9. The first kappa shape index (κ1) is 16.4. The van der Waals surface area contributed by atoms with Gasteiger partial charge in [-0.1, -0.05) is 0 Å². The van der Waals surface area contributed by atoms with E-state index in [-0.39, 0.29) is 12.5 Å². The molecule has 0 saturated carbocycles. The maximum atomic E-state index is 13.0. The summed E-state index contributed by atoms with van der Waals surface area (Å²) in [5, 5.41) is 9.01. The third kappa shape index (κ3) is 3.13. The Labute approximate surface area is 143 Å². The van der Waals surface area contributed by atoms with E-state index < -0.39 is 0 Å². The second-order valence-corrected chi connectivity index (χ2v) is 6.85. The summed E-state index contributed by atoms with van der Waals surface area (Å²) < 4.78 is 2.82. The Hall–Kier alpha value is -1.44. The Morgan fingerprint density at radius 3 is 2.65 bits per heavy atom. The minimum Gasteiger partial charge on any atom is -0.395 e. The molecule has 1 N–H and O–H groups in total. The summed E-state index contributed by atoms with van der Waals surface area (Å²) in [6, 6.07) is 2.00. The second-order valence-electron chi connectivity index (χ2n) is 5.94. The van der Waals surface area contributed by atoms with Gasteiger partial charge in [-0.2, -0.15) is 0 Å². The number of nitrogens with zero attached hydrogens (tertiary/aromatic N) is 4. The zero-order valence-corrected chi connectivity index (χ0v) is 15.0. The average molecular weight is 381 g/mol. The number of aromatic nitrogens is 2. The first-order valence-electron chi connectivity index (χ1n) is 7.78. The molecule has 0 aliphatic carbocycles. The highest BCUT2D eigenvalue weighted by molar-refractivity contribution is 9.10. The van der Waals surface area contributed by atoms with Gasteiger partial charge in [-0.15, -0.1) is 0 Å². The summed E-state index contributed by atoms with van der Waals surface area (Å²) in [5.74, 6) is 0.0242. The lowest BCUT2D eigenvalue weighted by atomic mass is 10.2. The molecule has 23 heavy (non-hydrogen) atoms. The molecule has 0 unspecified atom stereocenters. The number of carbonyl (C=O) groups excluding carboxylic acids is 1. The predicted molar refractivity (Wildman–Crippen MR) is 91.8 cm³/mol. The van der Waals surface area contributed by atoms with Crippen molar-refractivity contribution in [1.82, 2.24) is 19.2 Å². The van der Waals surface area contributed by atoms with Crippen molar-refractivity contribution in [2.75, 3.05) is 39.3 Å². The van der Waals surface area contributed by atoms with Crippen LogP contribution < -0.4 is 0 Å². The number of carbonyl (C=O) groups is 1. The third-order valence-electron chi connectivity index (χ3n) is 4.32. The molecule has 1 aliphatic rings. The van der Waals surface area contributed by atoms with Crippen molar-refractivity contribution in [2.45, 2.75) is 13.8 Å². The van der Waals surface area contributed by atoms with Gasteiger partial charge in [0.05, 0.1) is 12.3 Å². The number of hydrogen-bond acceptors (Lipinski definition) is 4. The Bertz CT molecular complexity index is 735. The van der Waals surface area contributed by atoms with E-state index >= 15 is 0 Å². The third-order valence-corrected chi connectivity index (χ3v) is 4.76. The molecule has 0 aromatic carbocycles. The van der Waals surface area contributed by atoms with Gasteiger partial charge in [0.25, 0.3) is 5.91 Å². The number of rotatable bonds is 3. The summed E-state index contributed by atoms with van der Waals surface area (Å²) in [5.41, 5.74) is 3.26.